The normalized spacial score (nSPS) is 23.9. The van der Waals surface area contributed by atoms with Gasteiger partial charge < -0.3 is 14.2 Å². The molecule has 2 fully saturated rings. The average Bonchev–Trinajstić information content (AvgIpc) is 3.57. The lowest BCUT2D eigenvalue weighted by Gasteiger charge is -2.28. The van der Waals surface area contributed by atoms with E-state index in [1.165, 1.54) is 37.0 Å². The highest BCUT2D eigenvalue weighted by atomic mass is 19.2. The van der Waals surface area contributed by atoms with E-state index >= 15 is 0 Å². The predicted octanol–water partition coefficient (Wildman–Crippen LogP) is 5.51. The van der Waals surface area contributed by atoms with Gasteiger partial charge in [-0.1, -0.05) is 30.3 Å². The Bertz CT molecular complexity index is 781. The Morgan fingerprint density at radius 3 is 2.31 bits per heavy atom. The molecule has 156 valence electrons. The molecule has 4 rings (SSSR count). The van der Waals surface area contributed by atoms with Gasteiger partial charge in [0, 0.05) is 0 Å². The molecule has 2 aromatic carbocycles. The van der Waals surface area contributed by atoms with Crippen molar-refractivity contribution in [1.29, 1.82) is 0 Å². The molecule has 0 amide bonds. The lowest BCUT2D eigenvalue weighted by molar-refractivity contribution is -0.104. The molecule has 1 aliphatic carbocycles. The van der Waals surface area contributed by atoms with E-state index in [1.807, 2.05) is 12.1 Å². The summed E-state index contributed by atoms with van der Waals surface area (Å²) in [5.41, 5.74) is 2.88. The van der Waals surface area contributed by atoms with Gasteiger partial charge in [0.1, 0.15) is 12.9 Å². The van der Waals surface area contributed by atoms with E-state index in [-0.39, 0.29) is 0 Å². The third-order valence-electron chi connectivity index (χ3n) is 5.94. The minimum atomic E-state index is -0.814. The van der Waals surface area contributed by atoms with E-state index in [9.17, 15) is 8.78 Å². The molecule has 5 heteroatoms. The van der Waals surface area contributed by atoms with Gasteiger partial charge in [0.15, 0.2) is 11.6 Å². The molecular formula is C24H28F2O3. The molecule has 29 heavy (non-hydrogen) atoms. The molecule has 1 aliphatic heterocycles. The summed E-state index contributed by atoms with van der Waals surface area (Å²) >= 11 is 0. The smallest absolute Gasteiger partial charge is 0.159 e. The van der Waals surface area contributed by atoms with E-state index in [0.717, 1.165) is 37.4 Å². The first-order chi connectivity index (χ1) is 14.2. The number of halogens is 2. The molecule has 1 saturated carbocycles. The zero-order valence-electron chi connectivity index (χ0n) is 16.6. The number of hydrogen-bond acceptors (Lipinski definition) is 3. The molecule has 2 aromatic rings. The Hall–Kier alpha value is -1.82. The van der Waals surface area contributed by atoms with Crippen LogP contribution in [0.4, 0.5) is 8.78 Å². The molecule has 1 heterocycles. The summed E-state index contributed by atoms with van der Waals surface area (Å²) in [5, 5.41) is 0. The van der Waals surface area contributed by atoms with Crippen LogP contribution in [0, 0.1) is 17.6 Å². The van der Waals surface area contributed by atoms with Crippen molar-refractivity contribution in [2.75, 3.05) is 20.0 Å². The Balaban J connectivity index is 1.17. The van der Waals surface area contributed by atoms with Crippen LogP contribution in [-0.4, -0.2) is 32.2 Å². The molecule has 0 radical (unpaired) electrons. The average molecular weight is 402 g/mol. The van der Waals surface area contributed by atoms with Gasteiger partial charge in [-0.2, -0.15) is 0 Å². The Labute approximate surface area is 171 Å². The van der Waals surface area contributed by atoms with Gasteiger partial charge in [-0.05, 0) is 73.3 Å². The molecular weight excluding hydrogens is 374 g/mol. The Morgan fingerprint density at radius 2 is 1.62 bits per heavy atom. The highest BCUT2D eigenvalue weighted by Crippen LogP contribution is 2.30. The number of hydrogen-bond donors (Lipinski definition) is 0. The second-order valence-electron chi connectivity index (χ2n) is 8.12. The van der Waals surface area contributed by atoms with Crippen molar-refractivity contribution in [3.8, 4) is 11.1 Å². The maximum atomic E-state index is 13.4. The number of aryl methyl sites for hydroxylation is 1. The summed E-state index contributed by atoms with van der Waals surface area (Å²) in [4.78, 5) is 0. The fourth-order valence-electron chi connectivity index (χ4n) is 3.99. The van der Waals surface area contributed by atoms with Crippen molar-refractivity contribution in [2.45, 2.75) is 50.7 Å². The van der Waals surface area contributed by atoms with Crippen LogP contribution in [0.2, 0.25) is 0 Å². The number of ether oxygens (including phenoxy) is 3. The zero-order valence-corrected chi connectivity index (χ0v) is 16.6. The largest absolute Gasteiger partial charge is 0.371 e. The first-order valence-electron chi connectivity index (χ1n) is 10.5. The summed E-state index contributed by atoms with van der Waals surface area (Å²) in [6.07, 6.45) is 7.42. The van der Waals surface area contributed by atoms with E-state index in [4.69, 9.17) is 14.2 Å². The summed E-state index contributed by atoms with van der Waals surface area (Å²) in [6.45, 7) is 1.84. The van der Waals surface area contributed by atoms with Crippen LogP contribution in [0.25, 0.3) is 11.1 Å². The minimum absolute atomic E-state index is 0.292. The second kappa shape index (κ2) is 9.79. The maximum absolute atomic E-state index is 13.4. The van der Waals surface area contributed by atoms with Crippen molar-refractivity contribution >= 4 is 0 Å². The van der Waals surface area contributed by atoms with E-state index in [1.54, 1.807) is 6.07 Å². The summed E-state index contributed by atoms with van der Waals surface area (Å²) in [5.74, 6) is -0.887. The lowest BCUT2D eigenvalue weighted by Crippen LogP contribution is -2.23. The van der Waals surface area contributed by atoms with Crippen LogP contribution < -0.4 is 0 Å². The summed E-state index contributed by atoms with van der Waals surface area (Å²) < 4.78 is 42.9. The third-order valence-corrected chi connectivity index (χ3v) is 5.94. The molecule has 1 atom stereocenters. The highest BCUT2D eigenvalue weighted by Gasteiger charge is 2.24. The van der Waals surface area contributed by atoms with Gasteiger partial charge in [-0.3, -0.25) is 0 Å². The zero-order chi connectivity index (χ0) is 20.1. The molecule has 2 aliphatic rings. The first kappa shape index (κ1) is 20.5. The summed E-state index contributed by atoms with van der Waals surface area (Å²) in [6, 6.07) is 12.2. The fraction of sp³-hybridized carbons (Fsp3) is 0.500. The van der Waals surface area contributed by atoms with Crippen molar-refractivity contribution in [2.24, 2.45) is 5.92 Å². The van der Waals surface area contributed by atoms with Crippen LogP contribution in [0.15, 0.2) is 42.5 Å². The molecule has 0 bridgehead atoms. The quantitative estimate of drug-likeness (QED) is 0.315. The van der Waals surface area contributed by atoms with Crippen molar-refractivity contribution in [1.82, 2.24) is 0 Å². The summed E-state index contributed by atoms with van der Waals surface area (Å²) in [7, 11) is 0. The number of epoxide rings is 1. The maximum Gasteiger partial charge on any atom is 0.159 e. The van der Waals surface area contributed by atoms with Crippen molar-refractivity contribution in [3.05, 3.63) is 59.7 Å². The van der Waals surface area contributed by atoms with Gasteiger partial charge >= 0.3 is 0 Å². The van der Waals surface area contributed by atoms with E-state index < -0.39 is 11.6 Å². The van der Waals surface area contributed by atoms with Gasteiger partial charge in [0.05, 0.1) is 19.3 Å². The first-order valence-corrected chi connectivity index (χ1v) is 10.5. The van der Waals surface area contributed by atoms with E-state index in [2.05, 4.69) is 12.1 Å². The molecule has 0 aromatic heterocycles. The predicted molar refractivity (Wildman–Crippen MR) is 108 cm³/mol. The minimum Gasteiger partial charge on any atom is -0.371 e. The van der Waals surface area contributed by atoms with Gasteiger partial charge in [-0.25, -0.2) is 8.78 Å². The topological polar surface area (TPSA) is 31.0 Å². The molecule has 0 N–H and O–H groups in total. The highest BCUT2D eigenvalue weighted by molar-refractivity contribution is 5.63. The molecule has 1 unspecified atom stereocenters. The van der Waals surface area contributed by atoms with Crippen LogP contribution in [0.1, 0.15) is 37.7 Å². The number of rotatable bonds is 9. The lowest BCUT2D eigenvalue weighted by atomic mass is 9.83. The van der Waals surface area contributed by atoms with E-state index in [0.29, 0.717) is 31.2 Å². The molecule has 3 nitrogen and oxygen atoms in total. The fourth-order valence-corrected chi connectivity index (χ4v) is 3.99. The standard InChI is InChI=1S/C24H28F2O3/c25-23-12-9-20(13-24(23)26)19-7-3-17(4-8-19)1-2-18-5-10-21(11-6-18)29-16-27-14-22-15-28-22/h3-4,7-9,12-13,18,21-22H,1-2,5-6,10-11,14-16H2. The van der Waals surface area contributed by atoms with Gasteiger partial charge in [0.2, 0.25) is 0 Å². The van der Waals surface area contributed by atoms with Crippen LogP contribution in [0.3, 0.4) is 0 Å². The third kappa shape index (κ3) is 6.08. The molecule has 1 saturated heterocycles. The van der Waals surface area contributed by atoms with Crippen LogP contribution in [0.5, 0.6) is 0 Å². The van der Waals surface area contributed by atoms with Gasteiger partial charge in [-0.15, -0.1) is 0 Å². The van der Waals surface area contributed by atoms with Crippen molar-refractivity contribution < 1.29 is 23.0 Å². The Morgan fingerprint density at radius 1 is 0.897 bits per heavy atom. The monoisotopic (exact) mass is 402 g/mol. The van der Waals surface area contributed by atoms with Crippen LogP contribution in [-0.2, 0) is 20.6 Å². The van der Waals surface area contributed by atoms with Crippen molar-refractivity contribution in [3.63, 3.8) is 0 Å². The number of benzene rings is 2. The second-order valence-corrected chi connectivity index (χ2v) is 8.12. The van der Waals surface area contributed by atoms with Crippen LogP contribution >= 0.6 is 0 Å². The van der Waals surface area contributed by atoms with Gasteiger partial charge in [0.25, 0.3) is 0 Å². The SMILES string of the molecule is Fc1ccc(-c2ccc(CCC3CCC(OCOCC4CO4)CC3)cc2)cc1F. The Kier molecular flexibility index (Phi) is 6.90. The molecule has 0 spiro atoms.